The van der Waals surface area contributed by atoms with Crippen molar-refractivity contribution in [2.75, 3.05) is 11.9 Å². The van der Waals surface area contributed by atoms with E-state index in [4.69, 9.17) is 0 Å². The highest BCUT2D eigenvalue weighted by atomic mass is 32.1. The first-order valence-electron chi connectivity index (χ1n) is 5.84. The van der Waals surface area contributed by atoms with E-state index >= 15 is 0 Å². The number of carbonyl (C=O) groups is 1. The average Bonchev–Trinajstić information content (AvgIpc) is 2.65. The first kappa shape index (κ1) is 12.0. The molecule has 0 fully saturated rings. The monoisotopic (exact) mass is 274 g/mol. The third-order valence-electron chi connectivity index (χ3n) is 2.97. The van der Waals surface area contributed by atoms with Crippen LogP contribution in [0.15, 0.2) is 34.6 Å². The number of nitrogens with zero attached hydrogens (tertiary/aromatic N) is 1. The minimum Gasteiger partial charge on any atom is -0.316 e. The summed E-state index contributed by atoms with van der Waals surface area (Å²) < 4.78 is 14.0. The van der Waals surface area contributed by atoms with Gasteiger partial charge in [0.25, 0.3) is 0 Å². The molecule has 0 radical (unpaired) electrons. The van der Waals surface area contributed by atoms with Gasteiger partial charge in [0.15, 0.2) is 0 Å². The Labute approximate surface area is 113 Å². The molecule has 0 atom stereocenters. The lowest BCUT2D eigenvalue weighted by molar-refractivity contribution is -0.114. The molecule has 1 aromatic carbocycles. The quantitative estimate of drug-likeness (QED) is 0.853. The zero-order valence-corrected chi connectivity index (χ0v) is 11.1. The van der Waals surface area contributed by atoms with Gasteiger partial charge in [0.1, 0.15) is 17.4 Å². The van der Waals surface area contributed by atoms with Crippen LogP contribution >= 0.6 is 11.3 Å². The Balaban J connectivity index is 2.23. The van der Waals surface area contributed by atoms with Gasteiger partial charge in [-0.05, 0) is 30.0 Å². The number of aliphatic imine (C=N–C) groups is 1. The molecule has 0 spiro atoms. The second-order valence-electron chi connectivity index (χ2n) is 4.32. The van der Waals surface area contributed by atoms with Crippen LogP contribution in [-0.4, -0.2) is 18.2 Å². The molecular formula is C14H11FN2OS. The van der Waals surface area contributed by atoms with Gasteiger partial charge >= 0.3 is 0 Å². The fourth-order valence-corrected chi connectivity index (χ4v) is 3.06. The van der Waals surface area contributed by atoms with E-state index < -0.39 is 0 Å². The lowest BCUT2D eigenvalue weighted by atomic mass is 10.0. The molecule has 3 rings (SSSR count). The second kappa shape index (κ2) is 4.59. The zero-order chi connectivity index (χ0) is 13.4. The molecule has 5 heteroatoms. The smallest absolute Gasteiger partial charge is 0.246 e. The second-order valence-corrected chi connectivity index (χ2v) is 5.20. The van der Waals surface area contributed by atoms with Gasteiger partial charge in [-0.1, -0.05) is 12.1 Å². The number of anilines is 1. The van der Waals surface area contributed by atoms with Crippen LogP contribution in [0.2, 0.25) is 0 Å². The van der Waals surface area contributed by atoms with Crippen LogP contribution in [-0.2, 0) is 4.79 Å². The zero-order valence-electron chi connectivity index (χ0n) is 10.2. The van der Waals surface area contributed by atoms with Crippen LogP contribution in [0.3, 0.4) is 0 Å². The number of nitrogens with one attached hydrogen (secondary N) is 1. The Bertz CT molecular complexity index is 691. The maximum Gasteiger partial charge on any atom is 0.246 e. The summed E-state index contributed by atoms with van der Waals surface area (Å²) in [5, 5.41) is 5.48. The first-order chi connectivity index (χ1) is 9.16. The van der Waals surface area contributed by atoms with Crippen LogP contribution < -0.4 is 5.32 Å². The molecule has 0 unspecified atom stereocenters. The number of thiophene rings is 1. The van der Waals surface area contributed by atoms with Crippen molar-refractivity contribution in [1.29, 1.82) is 0 Å². The molecule has 1 aliphatic rings. The topological polar surface area (TPSA) is 41.5 Å². The Morgan fingerprint density at radius 2 is 2.16 bits per heavy atom. The summed E-state index contributed by atoms with van der Waals surface area (Å²) in [6.07, 6.45) is 0. The van der Waals surface area contributed by atoms with E-state index in [0.29, 0.717) is 11.3 Å². The number of hydrogen-bond donors (Lipinski definition) is 1. The van der Waals surface area contributed by atoms with Gasteiger partial charge < -0.3 is 5.32 Å². The Kier molecular flexibility index (Phi) is 2.91. The summed E-state index contributed by atoms with van der Waals surface area (Å²) in [4.78, 5) is 15.9. The van der Waals surface area contributed by atoms with Crippen molar-refractivity contribution in [3.63, 3.8) is 0 Å². The highest BCUT2D eigenvalue weighted by molar-refractivity contribution is 7.15. The maximum absolute atomic E-state index is 14.0. The van der Waals surface area contributed by atoms with E-state index in [9.17, 15) is 9.18 Å². The van der Waals surface area contributed by atoms with Crippen LogP contribution in [0.4, 0.5) is 9.39 Å². The minimum atomic E-state index is -0.327. The predicted octanol–water partition coefficient (Wildman–Crippen LogP) is 2.99. The van der Waals surface area contributed by atoms with Crippen molar-refractivity contribution < 1.29 is 9.18 Å². The lowest BCUT2D eigenvalue weighted by Crippen LogP contribution is -2.12. The lowest BCUT2D eigenvalue weighted by Gasteiger charge is -2.08. The summed E-state index contributed by atoms with van der Waals surface area (Å²) in [7, 11) is 0. The third-order valence-corrected chi connectivity index (χ3v) is 3.99. The largest absolute Gasteiger partial charge is 0.316 e. The van der Waals surface area contributed by atoms with Gasteiger partial charge in [0.05, 0.1) is 5.71 Å². The maximum atomic E-state index is 14.0. The predicted molar refractivity (Wildman–Crippen MR) is 74.6 cm³/mol. The molecule has 0 aliphatic carbocycles. The minimum absolute atomic E-state index is 0.0184. The van der Waals surface area contributed by atoms with Crippen molar-refractivity contribution in [2.24, 2.45) is 4.99 Å². The fourth-order valence-electron chi connectivity index (χ4n) is 2.10. The van der Waals surface area contributed by atoms with Crippen LogP contribution in [0, 0.1) is 12.7 Å². The number of amides is 1. The SMILES string of the molecule is Cc1csc2c1C(c1ccccc1F)=NCC(=O)N2. The van der Waals surface area contributed by atoms with Gasteiger partial charge in [-0.25, -0.2) is 4.39 Å². The molecule has 1 aliphatic heterocycles. The van der Waals surface area contributed by atoms with E-state index in [1.54, 1.807) is 18.2 Å². The van der Waals surface area contributed by atoms with Gasteiger partial charge in [0.2, 0.25) is 5.91 Å². The van der Waals surface area contributed by atoms with Gasteiger partial charge in [-0.15, -0.1) is 11.3 Å². The number of hydrogen-bond acceptors (Lipinski definition) is 3. The van der Waals surface area contributed by atoms with Crippen molar-refractivity contribution >= 4 is 28.0 Å². The molecule has 96 valence electrons. The number of benzene rings is 1. The molecule has 19 heavy (non-hydrogen) atoms. The molecule has 1 amide bonds. The molecule has 1 aromatic heterocycles. The molecule has 0 bridgehead atoms. The van der Waals surface area contributed by atoms with Crippen molar-refractivity contribution in [1.82, 2.24) is 0 Å². The number of carbonyl (C=O) groups excluding carboxylic acids is 1. The Morgan fingerprint density at radius 3 is 2.95 bits per heavy atom. The van der Waals surface area contributed by atoms with Crippen molar-refractivity contribution in [2.45, 2.75) is 6.92 Å². The van der Waals surface area contributed by atoms with E-state index in [0.717, 1.165) is 16.1 Å². The van der Waals surface area contributed by atoms with Gasteiger partial charge in [-0.3, -0.25) is 9.79 Å². The fraction of sp³-hybridized carbons (Fsp3) is 0.143. The molecular weight excluding hydrogens is 263 g/mol. The molecule has 2 aromatic rings. The molecule has 2 heterocycles. The van der Waals surface area contributed by atoms with Crippen LogP contribution in [0.25, 0.3) is 0 Å². The van der Waals surface area contributed by atoms with E-state index in [-0.39, 0.29) is 18.3 Å². The van der Waals surface area contributed by atoms with Crippen molar-refractivity contribution in [3.8, 4) is 0 Å². The van der Waals surface area contributed by atoms with E-state index in [1.165, 1.54) is 17.4 Å². The van der Waals surface area contributed by atoms with Crippen LogP contribution in [0.1, 0.15) is 16.7 Å². The summed E-state index contributed by atoms with van der Waals surface area (Å²) in [6, 6.07) is 6.49. The van der Waals surface area contributed by atoms with Gasteiger partial charge in [-0.2, -0.15) is 0 Å². The Morgan fingerprint density at radius 1 is 1.37 bits per heavy atom. The van der Waals surface area contributed by atoms with Crippen molar-refractivity contribution in [3.05, 3.63) is 52.2 Å². The van der Waals surface area contributed by atoms with Crippen LogP contribution in [0.5, 0.6) is 0 Å². The molecule has 3 nitrogen and oxygen atoms in total. The molecule has 0 saturated heterocycles. The first-order valence-corrected chi connectivity index (χ1v) is 6.72. The average molecular weight is 274 g/mol. The summed E-state index contributed by atoms with van der Waals surface area (Å²) in [5.74, 6) is -0.499. The summed E-state index contributed by atoms with van der Waals surface area (Å²) in [6.45, 7) is 1.95. The molecule has 1 N–H and O–H groups in total. The Hall–Kier alpha value is -2.01. The molecule has 0 saturated carbocycles. The summed E-state index contributed by atoms with van der Waals surface area (Å²) >= 11 is 1.44. The number of rotatable bonds is 1. The van der Waals surface area contributed by atoms with E-state index in [1.807, 2.05) is 12.3 Å². The normalized spacial score (nSPS) is 14.4. The van der Waals surface area contributed by atoms with E-state index in [2.05, 4.69) is 10.3 Å². The third kappa shape index (κ3) is 2.06. The standard InChI is InChI=1S/C14H11FN2OS/c1-8-7-19-14-12(8)13(16-6-11(18)17-14)9-4-2-3-5-10(9)15/h2-5,7H,6H2,1H3,(H,17,18). The highest BCUT2D eigenvalue weighted by Crippen LogP contribution is 2.32. The van der Waals surface area contributed by atoms with Gasteiger partial charge in [0, 0.05) is 11.1 Å². The number of halogens is 1. The highest BCUT2D eigenvalue weighted by Gasteiger charge is 2.23. The summed E-state index contributed by atoms with van der Waals surface area (Å²) in [5.41, 5.74) is 2.79. The number of fused-ring (bicyclic) bond motifs is 1. The number of aryl methyl sites for hydroxylation is 1.